The fourth-order valence-electron chi connectivity index (χ4n) is 2.73. The lowest BCUT2D eigenvalue weighted by Gasteiger charge is -2.27. The quantitative estimate of drug-likeness (QED) is 0.804. The number of thiazole rings is 1. The maximum atomic E-state index is 4.16. The summed E-state index contributed by atoms with van der Waals surface area (Å²) in [6, 6.07) is 0.591. The van der Waals surface area contributed by atoms with E-state index in [4.69, 9.17) is 0 Å². The van der Waals surface area contributed by atoms with Crippen LogP contribution in [0.3, 0.4) is 0 Å². The fourth-order valence-corrected chi connectivity index (χ4v) is 3.40. The number of nitrogens with one attached hydrogen (secondary N) is 1. The van der Waals surface area contributed by atoms with Crippen molar-refractivity contribution in [2.45, 2.75) is 59.9 Å². The predicted molar refractivity (Wildman–Crippen MR) is 81.1 cm³/mol. The van der Waals surface area contributed by atoms with Crippen molar-refractivity contribution in [1.82, 2.24) is 10.3 Å². The molecule has 0 saturated carbocycles. The summed E-state index contributed by atoms with van der Waals surface area (Å²) in [7, 11) is 0. The normalized spacial score (nSPS) is 15.6. The average Bonchev–Trinajstić information content (AvgIpc) is 2.67. The second-order valence-electron chi connectivity index (χ2n) is 6.53. The van der Waals surface area contributed by atoms with Gasteiger partial charge in [-0.25, -0.2) is 0 Å². The highest BCUT2D eigenvalue weighted by molar-refractivity contribution is 7.09. The molecule has 3 heteroatoms. The highest BCUT2D eigenvalue weighted by atomic mass is 32.1. The molecule has 2 atom stereocenters. The number of nitrogens with zero attached hydrogens (tertiary/aromatic N) is 1. The van der Waals surface area contributed by atoms with Crippen LogP contribution in [0, 0.1) is 11.3 Å². The molecule has 2 unspecified atom stereocenters. The molecule has 2 nitrogen and oxygen atoms in total. The number of hydrogen-bond acceptors (Lipinski definition) is 3. The van der Waals surface area contributed by atoms with Crippen LogP contribution in [0.4, 0.5) is 0 Å². The monoisotopic (exact) mass is 268 g/mol. The summed E-state index contributed by atoms with van der Waals surface area (Å²) in [5.41, 5.74) is 2.36. The molecule has 0 aromatic carbocycles. The molecule has 0 aliphatic heterocycles. The molecule has 0 saturated heterocycles. The number of aromatic nitrogens is 1. The first-order chi connectivity index (χ1) is 8.40. The second kappa shape index (κ2) is 7.25. The Morgan fingerprint density at radius 1 is 1.39 bits per heavy atom. The lowest BCUT2D eigenvalue weighted by molar-refractivity contribution is 0.275. The first-order valence-electron chi connectivity index (χ1n) is 7.01. The third kappa shape index (κ3) is 6.50. The van der Waals surface area contributed by atoms with E-state index in [1.165, 1.54) is 17.7 Å². The lowest BCUT2D eigenvalue weighted by Crippen LogP contribution is -2.33. The van der Waals surface area contributed by atoms with Crippen molar-refractivity contribution < 1.29 is 0 Å². The Kier molecular flexibility index (Phi) is 6.30. The van der Waals surface area contributed by atoms with E-state index in [2.05, 4.69) is 44.9 Å². The van der Waals surface area contributed by atoms with Crippen LogP contribution in [0.15, 0.2) is 11.7 Å². The van der Waals surface area contributed by atoms with Crippen LogP contribution in [-0.2, 0) is 6.42 Å². The molecular formula is C15H28N2S. The van der Waals surface area contributed by atoms with Gasteiger partial charge in [-0.3, -0.25) is 4.98 Å². The van der Waals surface area contributed by atoms with Crippen LogP contribution < -0.4 is 5.32 Å². The molecule has 0 aliphatic carbocycles. The van der Waals surface area contributed by atoms with Gasteiger partial charge in [0.25, 0.3) is 0 Å². The Bertz CT molecular complexity index is 314. The van der Waals surface area contributed by atoms with Crippen molar-refractivity contribution in [3.63, 3.8) is 0 Å². The summed E-state index contributed by atoms with van der Waals surface area (Å²) < 4.78 is 0. The fraction of sp³-hybridized carbons (Fsp3) is 0.800. The van der Waals surface area contributed by atoms with Crippen molar-refractivity contribution >= 4 is 11.3 Å². The molecule has 0 fully saturated rings. The van der Waals surface area contributed by atoms with Gasteiger partial charge < -0.3 is 5.32 Å². The third-order valence-electron chi connectivity index (χ3n) is 3.07. The molecule has 0 aliphatic rings. The van der Waals surface area contributed by atoms with Crippen molar-refractivity contribution in [3.05, 3.63) is 16.6 Å². The summed E-state index contributed by atoms with van der Waals surface area (Å²) in [5, 5.41) is 3.62. The van der Waals surface area contributed by atoms with Gasteiger partial charge in [-0.1, -0.05) is 34.6 Å². The van der Waals surface area contributed by atoms with Gasteiger partial charge in [0, 0.05) is 17.1 Å². The third-order valence-corrected chi connectivity index (χ3v) is 3.87. The number of likely N-dealkylation sites (N-methyl/N-ethyl adjacent to an activating group) is 1. The minimum absolute atomic E-state index is 0.431. The highest BCUT2D eigenvalue weighted by Gasteiger charge is 2.19. The molecule has 1 aromatic rings. The Morgan fingerprint density at radius 2 is 2.11 bits per heavy atom. The van der Waals surface area contributed by atoms with Crippen LogP contribution in [0.25, 0.3) is 0 Å². The molecule has 104 valence electrons. The molecule has 1 heterocycles. The van der Waals surface area contributed by atoms with Gasteiger partial charge in [0.1, 0.15) is 0 Å². The zero-order chi connectivity index (χ0) is 13.6. The van der Waals surface area contributed by atoms with E-state index < -0.39 is 0 Å². The minimum Gasteiger partial charge on any atom is -0.314 e. The van der Waals surface area contributed by atoms with E-state index in [9.17, 15) is 0 Å². The Balaban J connectivity index is 2.46. The SMILES string of the molecule is CCNC(Cc1cncs1)CC(C)CC(C)(C)C. The van der Waals surface area contributed by atoms with Gasteiger partial charge in [-0.05, 0) is 37.1 Å². The highest BCUT2D eigenvalue weighted by Crippen LogP contribution is 2.27. The largest absolute Gasteiger partial charge is 0.314 e. The van der Waals surface area contributed by atoms with Gasteiger partial charge in [0.15, 0.2) is 0 Å². The summed E-state index contributed by atoms with van der Waals surface area (Å²) in [6.45, 7) is 12.6. The Hall–Kier alpha value is -0.410. The Labute approximate surface area is 116 Å². The van der Waals surface area contributed by atoms with Gasteiger partial charge in [-0.15, -0.1) is 11.3 Å². The summed E-state index contributed by atoms with van der Waals surface area (Å²) in [5.74, 6) is 0.766. The van der Waals surface area contributed by atoms with Crippen LogP contribution in [0.1, 0.15) is 52.3 Å². The molecule has 0 spiro atoms. The average molecular weight is 268 g/mol. The van der Waals surface area contributed by atoms with E-state index >= 15 is 0 Å². The van der Waals surface area contributed by atoms with E-state index in [0.29, 0.717) is 11.5 Å². The van der Waals surface area contributed by atoms with E-state index in [0.717, 1.165) is 18.9 Å². The van der Waals surface area contributed by atoms with Gasteiger partial charge >= 0.3 is 0 Å². The summed E-state index contributed by atoms with van der Waals surface area (Å²) >= 11 is 1.77. The van der Waals surface area contributed by atoms with Crippen molar-refractivity contribution in [2.75, 3.05) is 6.54 Å². The van der Waals surface area contributed by atoms with Crippen LogP contribution >= 0.6 is 11.3 Å². The molecule has 1 N–H and O–H groups in total. The van der Waals surface area contributed by atoms with Gasteiger partial charge in [0.05, 0.1) is 5.51 Å². The van der Waals surface area contributed by atoms with Crippen LogP contribution in [-0.4, -0.2) is 17.6 Å². The molecule has 18 heavy (non-hydrogen) atoms. The summed E-state index contributed by atoms with van der Waals surface area (Å²) in [6.07, 6.45) is 5.66. The van der Waals surface area contributed by atoms with Gasteiger partial charge in [-0.2, -0.15) is 0 Å². The molecule has 1 rings (SSSR count). The van der Waals surface area contributed by atoms with E-state index in [1.807, 2.05) is 11.7 Å². The zero-order valence-electron chi connectivity index (χ0n) is 12.5. The predicted octanol–water partition coefficient (Wildman–Crippen LogP) is 4.13. The topological polar surface area (TPSA) is 24.9 Å². The first kappa shape index (κ1) is 15.6. The van der Waals surface area contributed by atoms with Crippen molar-refractivity contribution in [3.8, 4) is 0 Å². The van der Waals surface area contributed by atoms with Gasteiger partial charge in [0.2, 0.25) is 0 Å². The van der Waals surface area contributed by atoms with E-state index in [-0.39, 0.29) is 0 Å². The smallest absolute Gasteiger partial charge is 0.0794 e. The molecule has 0 bridgehead atoms. The minimum atomic E-state index is 0.431. The lowest BCUT2D eigenvalue weighted by atomic mass is 9.82. The van der Waals surface area contributed by atoms with Crippen molar-refractivity contribution in [1.29, 1.82) is 0 Å². The number of rotatable bonds is 7. The number of hydrogen-bond donors (Lipinski definition) is 1. The first-order valence-corrected chi connectivity index (χ1v) is 7.89. The zero-order valence-corrected chi connectivity index (χ0v) is 13.3. The summed E-state index contributed by atoms with van der Waals surface area (Å²) in [4.78, 5) is 5.56. The molecule has 1 aromatic heterocycles. The van der Waals surface area contributed by atoms with Crippen LogP contribution in [0.5, 0.6) is 0 Å². The molecule has 0 radical (unpaired) electrons. The Morgan fingerprint density at radius 3 is 2.61 bits per heavy atom. The van der Waals surface area contributed by atoms with Crippen molar-refractivity contribution in [2.24, 2.45) is 11.3 Å². The molecular weight excluding hydrogens is 240 g/mol. The van der Waals surface area contributed by atoms with Crippen LogP contribution in [0.2, 0.25) is 0 Å². The maximum absolute atomic E-state index is 4.16. The second-order valence-corrected chi connectivity index (χ2v) is 7.50. The maximum Gasteiger partial charge on any atom is 0.0794 e. The standard InChI is InChI=1S/C15H28N2S/c1-6-17-13(8-14-10-16-11-18-14)7-12(2)9-15(3,4)5/h10-13,17H,6-9H2,1-5H3. The molecule has 0 amide bonds. The van der Waals surface area contributed by atoms with E-state index in [1.54, 1.807) is 11.3 Å².